The minimum atomic E-state index is -1.12. The van der Waals surface area contributed by atoms with Gasteiger partial charge in [-0.15, -0.1) is 0 Å². The van der Waals surface area contributed by atoms with E-state index in [9.17, 15) is 4.79 Å². The van der Waals surface area contributed by atoms with Gasteiger partial charge in [-0.25, -0.2) is 14.8 Å². The predicted molar refractivity (Wildman–Crippen MR) is 86.6 cm³/mol. The van der Waals surface area contributed by atoms with Crippen LogP contribution >= 0.6 is 0 Å². The molecule has 1 heterocycles. The third-order valence-electron chi connectivity index (χ3n) is 3.27. The number of aliphatic hydroxyl groups is 1. The summed E-state index contributed by atoms with van der Waals surface area (Å²) < 4.78 is 10.7. The summed E-state index contributed by atoms with van der Waals surface area (Å²) >= 11 is 0. The van der Waals surface area contributed by atoms with Crippen molar-refractivity contribution in [3.05, 3.63) is 41.9 Å². The average molecular weight is 333 g/mol. The van der Waals surface area contributed by atoms with Crippen molar-refractivity contribution >= 4 is 11.8 Å². The summed E-state index contributed by atoms with van der Waals surface area (Å²) in [5.41, 5.74) is 0.813. The molecule has 0 aliphatic heterocycles. The van der Waals surface area contributed by atoms with Crippen molar-refractivity contribution in [2.75, 3.05) is 25.6 Å². The minimum absolute atomic E-state index is 0.0755. The molecule has 1 unspecified atom stereocenters. The topological polar surface area (TPSA) is 114 Å². The molecule has 2 rings (SSSR count). The van der Waals surface area contributed by atoms with Crippen LogP contribution in [0.5, 0.6) is 11.5 Å². The minimum Gasteiger partial charge on any atom is -0.493 e. The zero-order valence-electron chi connectivity index (χ0n) is 13.4. The number of aromatic nitrogens is 2. The van der Waals surface area contributed by atoms with Crippen molar-refractivity contribution in [2.45, 2.75) is 13.0 Å². The van der Waals surface area contributed by atoms with E-state index in [1.807, 2.05) is 19.1 Å². The Labute approximate surface area is 139 Å². The molecule has 0 spiro atoms. The third-order valence-corrected chi connectivity index (χ3v) is 3.27. The fraction of sp³-hybridized carbons (Fsp3) is 0.312. The highest BCUT2D eigenvalue weighted by atomic mass is 16.5. The van der Waals surface area contributed by atoms with Crippen LogP contribution in [-0.4, -0.2) is 46.5 Å². The van der Waals surface area contributed by atoms with E-state index in [2.05, 4.69) is 15.3 Å². The number of rotatable bonds is 8. The van der Waals surface area contributed by atoms with Gasteiger partial charge in [0.2, 0.25) is 0 Å². The molecule has 1 atom stereocenters. The summed E-state index contributed by atoms with van der Waals surface area (Å²) in [6.45, 7) is 2.04. The molecule has 0 bridgehead atoms. The molecule has 24 heavy (non-hydrogen) atoms. The molecule has 0 amide bonds. The Morgan fingerprint density at radius 3 is 2.67 bits per heavy atom. The molecule has 3 N–H and O–H groups in total. The summed E-state index contributed by atoms with van der Waals surface area (Å²) in [4.78, 5) is 18.6. The van der Waals surface area contributed by atoms with Gasteiger partial charge in [0, 0.05) is 0 Å². The second-order valence-corrected chi connectivity index (χ2v) is 4.94. The summed E-state index contributed by atoms with van der Waals surface area (Å²) in [5.74, 6) is 0.451. The second-order valence-electron chi connectivity index (χ2n) is 4.94. The van der Waals surface area contributed by atoms with E-state index >= 15 is 0 Å². The Hall–Kier alpha value is -2.87. The monoisotopic (exact) mass is 333 g/mol. The zero-order chi connectivity index (χ0) is 17.5. The van der Waals surface area contributed by atoms with E-state index in [4.69, 9.17) is 19.7 Å². The number of carboxylic acids is 1. The molecular formula is C16H19N3O5. The number of ether oxygens (including phenoxy) is 2. The van der Waals surface area contributed by atoms with E-state index in [-0.39, 0.29) is 24.9 Å². The van der Waals surface area contributed by atoms with Gasteiger partial charge < -0.3 is 25.0 Å². The van der Waals surface area contributed by atoms with Crippen molar-refractivity contribution in [3.63, 3.8) is 0 Å². The van der Waals surface area contributed by atoms with E-state index in [1.54, 1.807) is 13.2 Å². The van der Waals surface area contributed by atoms with E-state index in [0.717, 1.165) is 5.56 Å². The molecule has 1 aromatic carbocycles. The van der Waals surface area contributed by atoms with Crippen LogP contribution in [0.2, 0.25) is 0 Å². The van der Waals surface area contributed by atoms with Gasteiger partial charge in [0.15, 0.2) is 17.2 Å². The smallest absolute Gasteiger partial charge is 0.356 e. The first-order chi connectivity index (χ1) is 11.5. The number of aliphatic hydroxyl groups excluding tert-OH is 1. The lowest BCUT2D eigenvalue weighted by Crippen LogP contribution is -2.10. The summed E-state index contributed by atoms with van der Waals surface area (Å²) in [5, 5.41) is 20.8. The summed E-state index contributed by atoms with van der Waals surface area (Å²) in [6.07, 6.45) is 2.57. The lowest BCUT2D eigenvalue weighted by Gasteiger charge is -2.17. The lowest BCUT2D eigenvalue weighted by molar-refractivity contribution is 0.0690. The molecule has 8 heteroatoms. The predicted octanol–water partition coefficient (Wildman–Crippen LogP) is 1.73. The Bertz CT molecular complexity index is 691. The molecule has 0 saturated heterocycles. The number of carboxylic acid groups (broad SMARTS) is 1. The first-order valence-corrected chi connectivity index (χ1v) is 7.28. The number of methoxy groups -OCH3 is 1. The number of anilines is 1. The van der Waals surface area contributed by atoms with Crippen molar-refractivity contribution in [1.29, 1.82) is 0 Å². The average Bonchev–Trinajstić information content (AvgIpc) is 2.60. The van der Waals surface area contributed by atoms with Gasteiger partial charge in [-0.3, -0.25) is 0 Å². The first kappa shape index (κ1) is 17.5. The molecule has 0 fully saturated rings. The van der Waals surface area contributed by atoms with E-state index < -0.39 is 5.97 Å². The Kier molecular flexibility index (Phi) is 5.91. The summed E-state index contributed by atoms with van der Waals surface area (Å²) in [7, 11) is 1.54. The quantitative estimate of drug-likeness (QED) is 0.669. The molecular weight excluding hydrogens is 314 g/mol. The van der Waals surface area contributed by atoms with Gasteiger partial charge in [0.05, 0.1) is 32.2 Å². The number of aromatic carboxylic acids is 1. The van der Waals surface area contributed by atoms with E-state index in [0.29, 0.717) is 17.3 Å². The fourth-order valence-electron chi connectivity index (χ4n) is 2.05. The highest BCUT2D eigenvalue weighted by molar-refractivity contribution is 5.84. The number of benzene rings is 1. The van der Waals surface area contributed by atoms with Crippen molar-refractivity contribution in [2.24, 2.45) is 0 Å². The molecule has 0 radical (unpaired) electrons. The van der Waals surface area contributed by atoms with Gasteiger partial charge in [0.25, 0.3) is 0 Å². The SMILES string of the molecule is COc1cc(C(C)Nc2cnc(C(=O)O)cn2)ccc1OCCO. The molecule has 0 aliphatic carbocycles. The highest BCUT2D eigenvalue weighted by Gasteiger charge is 2.12. The molecule has 128 valence electrons. The van der Waals surface area contributed by atoms with Crippen LogP contribution in [0.4, 0.5) is 5.82 Å². The molecule has 1 aromatic heterocycles. The number of nitrogens with one attached hydrogen (secondary N) is 1. The second kappa shape index (κ2) is 8.11. The van der Waals surface area contributed by atoms with Crippen molar-refractivity contribution in [3.8, 4) is 11.5 Å². The Morgan fingerprint density at radius 1 is 1.29 bits per heavy atom. The number of nitrogens with zero attached hydrogens (tertiary/aromatic N) is 2. The van der Waals surface area contributed by atoms with Gasteiger partial charge >= 0.3 is 5.97 Å². The van der Waals surface area contributed by atoms with Crippen LogP contribution in [0.25, 0.3) is 0 Å². The van der Waals surface area contributed by atoms with Crippen LogP contribution in [0.1, 0.15) is 29.0 Å². The van der Waals surface area contributed by atoms with Crippen LogP contribution in [-0.2, 0) is 0 Å². The van der Waals surface area contributed by atoms with Gasteiger partial charge in [-0.05, 0) is 24.6 Å². The standard InChI is InChI=1S/C16H19N3O5/c1-10(19-15-9-17-12(8-18-15)16(21)22)11-3-4-13(24-6-5-20)14(7-11)23-2/h3-4,7-10,20H,5-6H2,1-2H3,(H,18,19)(H,21,22). The maximum Gasteiger partial charge on any atom is 0.356 e. The first-order valence-electron chi connectivity index (χ1n) is 7.28. The fourth-order valence-corrected chi connectivity index (χ4v) is 2.05. The van der Waals surface area contributed by atoms with E-state index in [1.165, 1.54) is 12.4 Å². The number of hydrogen-bond donors (Lipinski definition) is 3. The molecule has 2 aromatic rings. The third kappa shape index (κ3) is 4.32. The normalized spacial score (nSPS) is 11.6. The van der Waals surface area contributed by atoms with Crippen LogP contribution in [0.3, 0.4) is 0 Å². The highest BCUT2D eigenvalue weighted by Crippen LogP contribution is 2.31. The van der Waals surface area contributed by atoms with Gasteiger partial charge in [0.1, 0.15) is 12.4 Å². The van der Waals surface area contributed by atoms with Crippen LogP contribution in [0, 0.1) is 0 Å². The maximum atomic E-state index is 10.8. The molecule has 8 nitrogen and oxygen atoms in total. The zero-order valence-corrected chi connectivity index (χ0v) is 13.4. The molecule has 0 saturated carbocycles. The Balaban J connectivity index is 2.11. The van der Waals surface area contributed by atoms with Crippen LogP contribution in [0.15, 0.2) is 30.6 Å². The van der Waals surface area contributed by atoms with Gasteiger partial charge in [-0.2, -0.15) is 0 Å². The summed E-state index contributed by atoms with van der Waals surface area (Å²) in [6, 6.07) is 5.34. The molecule has 0 aliphatic rings. The van der Waals surface area contributed by atoms with Gasteiger partial charge in [-0.1, -0.05) is 6.07 Å². The number of hydrogen-bond acceptors (Lipinski definition) is 7. The lowest BCUT2D eigenvalue weighted by atomic mass is 10.1. The van der Waals surface area contributed by atoms with Crippen molar-refractivity contribution < 1.29 is 24.5 Å². The Morgan fingerprint density at radius 2 is 2.08 bits per heavy atom. The maximum absolute atomic E-state index is 10.8. The number of carbonyl (C=O) groups is 1. The van der Waals surface area contributed by atoms with Crippen LogP contribution < -0.4 is 14.8 Å². The largest absolute Gasteiger partial charge is 0.493 e. The van der Waals surface area contributed by atoms with Crippen molar-refractivity contribution in [1.82, 2.24) is 9.97 Å².